The summed E-state index contributed by atoms with van der Waals surface area (Å²) in [6.07, 6.45) is 1.99. The van der Waals surface area contributed by atoms with E-state index in [0.29, 0.717) is 12.6 Å². The quantitative estimate of drug-likeness (QED) is 0.656. The molecule has 0 bridgehead atoms. The molecular formula is C16H27NO2. The summed E-state index contributed by atoms with van der Waals surface area (Å²) in [6, 6.07) is 8.67. The Morgan fingerprint density at radius 2 is 1.89 bits per heavy atom. The van der Waals surface area contributed by atoms with Gasteiger partial charge in [0, 0.05) is 31.2 Å². The summed E-state index contributed by atoms with van der Waals surface area (Å²) in [5, 5.41) is 3.49. The molecule has 0 aliphatic carbocycles. The van der Waals surface area contributed by atoms with E-state index in [1.54, 1.807) is 0 Å². The van der Waals surface area contributed by atoms with Gasteiger partial charge >= 0.3 is 0 Å². The van der Waals surface area contributed by atoms with E-state index in [1.165, 1.54) is 5.56 Å². The first-order valence-electron chi connectivity index (χ1n) is 7.36. The maximum Gasteiger partial charge on any atom is 0.124 e. The largest absolute Gasteiger partial charge is 0.493 e. The molecule has 0 amide bonds. The Labute approximate surface area is 117 Å². The molecule has 0 saturated carbocycles. The minimum Gasteiger partial charge on any atom is -0.493 e. The Morgan fingerprint density at radius 3 is 2.58 bits per heavy atom. The third-order valence-electron chi connectivity index (χ3n) is 3.05. The van der Waals surface area contributed by atoms with Gasteiger partial charge in [-0.2, -0.15) is 0 Å². The van der Waals surface area contributed by atoms with Crippen LogP contribution in [0.25, 0.3) is 0 Å². The van der Waals surface area contributed by atoms with Crippen molar-refractivity contribution in [2.45, 2.75) is 39.7 Å². The highest BCUT2D eigenvalue weighted by atomic mass is 16.5. The van der Waals surface area contributed by atoms with Crippen LogP contribution in [0.4, 0.5) is 0 Å². The standard InChI is InChI=1S/C16H27NO2/c1-4-15(17-5-2)14-10-7-8-11-16(14)19-13-9-12-18-6-3/h7-8,10-11,15,17H,4-6,9,12-13H2,1-3H3. The maximum absolute atomic E-state index is 5.89. The predicted molar refractivity (Wildman–Crippen MR) is 79.8 cm³/mol. The van der Waals surface area contributed by atoms with Gasteiger partial charge in [-0.05, 0) is 26.0 Å². The topological polar surface area (TPSA) is 30.5 Å². The van der Waals surface area contributed by atoms with Crippen molar-refractivity contribution in [3.05, 3.63) is 29.8 Å². The molecule has 0 fully saturated rings. The molecular weight excluding hydrogens is 238 g/mol. The van der Waals surface area contributed by atoms with Gasteiger partial charge in [0.25, 0.3) is 0 Å². The molecule has 0 aliphatic heterocycles. The zero-order valence-electron chi connectivity index (χ0n) is 12.4. The molecule has 1 N–H and O–H groups in total. The molecule has 1 atom stereocenters. The molecule has 0 aromatic heterocycles. The molecule has 1 aromatic carbocycles. The summed E-state index contributed by atoms with van der Waals surface area (Å²) in [5.41, 5.74) is 1.25. The van der Waals surface area contributed by atoms with Crippen LogP contribution in [0.3, 0.4) is 0 Å². The van der Waals surface area contributed by atoms with Crippen LogP contribution in [-0.4, -0.2) is 26.4 Å². The van der Waals surface area contributed by atoms with Crippen LogP contribution < -0.4 is 10.1 Å². The average Bonchev–Trinajstić information content (AvgIpc) is 2.45. The van der Waals surface area contributed by atoms with E-state index in [0.717, 1.165) is 38.3 Å². The number of hydrogen-bond donors (Lipinski definition) is 1. The van der Waals surface area contributed by atoms with E-state index in [2.05, 4.69) is 37.4 Å². The highest BCUT2D eigenvalue weighted by Crippen LogP contribution is 2.27. The van der Waals surface area contributed by atoms with Gasteiger partial charge < -0.3 is 14.8 Å². The van der Waals surface area contributed by atoms with Crippen LogP contribution in [0.5, 0.6) is 5.75 Å². The van der Waals surface area contributed by atoms with Gasteiger partial charge in [-0.25, -0.2) is 0 Å². The van der Waals surface area contributed by atoms with Crippen LogP contribution in [0, 0.1) is 0 Å². The molecule has 0 radical (unpaired) electrons. The van der Waals surface area contributed by atoms with E-state index >= 15 is 0 Å². The second kappa shape index (κ2) is 9.82. The van der Waals surface area contributed by atoms with Crippen molar-refractivity contribution in [3.63, 3.8) is 0 Å². The van der Waals surface area contributed by atoms with Gasteiger partial charge in [-0.15, -0.1) is 0 Å². The number of hydrogen-bond acceptors (Lipinski definition) is 3. The summed E-state index contributed by atoms with van der Waals surface area (Å²) in [5.74, 6) is 0.992. The lowest BCUT2D eigenvalue weighted by Gasteiger charge is -2.20. The smallest absolute Gasteiger partial charge is 0.124 e. The Morgan fingerprint density at radius 1 is 1.11 bits per heavy atom. The highest BCUT2D eigenvalue weighted by Gasteiger charge is 2.12. The minimum absolute atomic E-state index is 0.369. The third-order valence-corrected chi connectivity index (χ3v) is 3.05. The average molecular weight is 265 g/mol. The van der Waals surface area contributed by atoms with Gasteiger partial charge in [-0.3, -0.25) is 0 Å². The Hall–Kier alpha value is -1.06. The second-order valence-electron chi connectivity index (χ2n) is 4.46. The van der Waals surface area contributed by atoms with Crippen molar-refractivity contribution >= 4 is 0 Å². The summed E-state index contributed by atoms with van der Waals surface area (Å²) < 4.78 is 11.2. The lowest BCUT2D eigenvalue weighted by Crippen LogP contribution is -2.21. The first-order chi connectivity index (χ1) is 9.33. The molecule has 0 heterocycles. The van der Waals surface area contributed by atoms with Crippen molar-refractivity contribution < 1.29 is 9.47 Å². The number of nitrogens with one attached hydrogen (secondary N) is 1. The van der Waals surface area contributed by atoms with Gasteiger partial charge in [-0.1, -0.05) is 32.0 Å². The number of benzene rings is 1. The normalized spacial score (nSPS) is 12.4. The number of ether oxygens (including phenoxy) is 2. The molecule has 1 rings (SSSR count). The number of rotatable bonds is 10. The molecule has 1 aromatic rings. The Bertz CT molecular complexity index is 341. The van der Waals surface area contributed by atoms with Crippen molar-refractivity contribution in [2.24, 2.45) is 0 Å². The van der Waals surface area contributed by atoms with Crippen LogP contribution >= 0.6 is 0 Å². The van der Waals surface area contributed by atoms with E-state index in [-0.39, 0.29) is 0 Å². The van der Waals surface area contributed by atoms with Crippen LogP contribution in [-0.2, 0) is 4.74 Å². The van der Waals surface area contributed by atoms with Crippen LogP contribution in [0.15, 0.2) is 24.3 Å². The maximum atomic E-state index is 5.89. The Balaban J connectivity index is 2.56. The minimum atomic E-state index is 0.369. The Kier molecular flexibility index (Phi) is 8.26. The molecule has 1 unspecified atom stereocenters. The summed E-state index contributed by atoms with van der Waals surface area (Å²) in [4.78, 5) is 0. The lowest BCUT2D eigenvalue weighted by molar-refractivity contribution is 0.130. The zero-order valence-corrected chi connectivity index (χ0v) is 12.4. The predicted octanol–water partition coefficient (Wildman–Crippen LogP) is 3.55. The monoisotopic (exact) mass is 265 g/mol. The molecule has 0 aliphatic rings. The molecule has 0 saturated heterocycles. The molecule has 0 spiro atoms. The fourth-order valence-corrected chi connectivity index (χ4v) is 2.11. The van der Waals surface area contributed by atoms with E-state index in [4.69, 9.17) is 9.47 Å². The fraction of sp³-hybridized carbons (Fsp3) is 0.625. The van der Waals surface area contributed by atoms with E-state index in [1.807, 2.05) is 13.0 Å². The van der Waals surface area contributed by atoms with Crippen molar-refractivity contribution in [1.82, 2.24) is 5.32 Å². The van der Waals surface area contributed by atoms with Crippen molar-refractivity contribution in [1.29, 1.82) is 0 Å². The SMILES string of the molecule is CCNC(CC)c1ccccc1OCCCOCC. The summed E-state index contributed by atoms with van der Waals surface area (Å²) in [7, 11) is 0. The van der Waals surface area contributed by atoms with Crippen LogP contribution in [0.1, 0.15) is 45.2 Å². The first-order valence-corrected chi connectivity index (χ1v) is 7.36. The molecule has 108 valence electrons. The van der Waals surface area contributed by atoms with Gasteiger partial charge in [0.15, 0.2) is 0 Å². The van der Waals surface area contributed by atoms with Crippen molar-refractivity contribution in [3.8, 4) is 5.75 Å². The van der Waals surface area contributed by atoms with Gasteiger partial charge in [0.05, 0.1) is 6.61 Å². The van der Waals surface area contributed by atoms with E-state index in [9.17, 15) is 0 Å². The van der Waals surface area contributed by atoms with Crippen molar-refractivity contribution in [2.75, 3.05) is 26.4 Å². The highest BCUT2D eigenvalue weighted by molar-refractivity contribution is 5.35. The van der Waals surface area contributed by atoms with Gasteiger partial charge in [0.2, 0.25) is 0 Å². The lowest BCUT2D eigenvalue weighted by atomic mass is 10.0. The fourth-order valence-electron chi connectivity index (χ4n) is 2.11. The van der Waals surface area contributed by atoms with E-state index < -0.39 is 0 Å². The second-order valence-corrected chi connectivity index (χ2v) is 4.46. The summed E-state index contributed by atoms with van der Waals surface area (Å²) >= 11 is 0. The third kappa shape index (κ3) is 5.62. The zero-order chi connectivity index (χ0) is 13.9. The van der Waals surface area contributed by atoms with Gasteiger partial charge in [0.1, 0.15) is 5.75 Å². The first kappa shape index (κ1) is 16.0. The number of para-hydroxylation sites is 1. The van der Waals surface area contributed by atoms with Crippen LogP contribution in [0.2, 0.25) is 0 Å². The molecule has 3 heteroatoms. The summed E-state index contributed by atoms with van der Waals surface area (Å²) in [6.45, 7) is 9.56. The molecule has 3 nitrogen and oxygen atoms in total. The molecule has 19 heavy (non-hydrogen) atoms.